The van der Waals surface area contributed by atoms with Gasteiger partial charge in [-0.25, -0.2) is 15.0 Å². The van der Waals surface area contributed by atoms with Gasteiger partial charge in [0.2, 0.25) is 0 Å². The molecule has 0 saturated carbocycles. The second-order valence-electron chi connectivity index (χ2n) is 8.55. The Balaban J connectivity index is 1.42. The smallest absolute Gasteiger partial charge is 0.417 e. The number of esters is 1. The molecule has 3 heterocycles. The number of ether oxygens (including phenoxy) is 2. The fourth-order valence-corrected chi connectivity index (χ4v) is 5.77. The average Bonchev–Trinajstić information content (AvgIpc) is 3.34. The molecule has 0 aliphatic carbocycles. The van der Waals surface area contributed by atoms with Crippen molar-refractivity contribution in [2.45, 2.75) is 44.5 Å². The van der Waals surface area contributed by atoms with Gasteiger partial charge in [-0.2, -0.15) is 13.2 Å². The summed E-state index contributed by atoms with van der Waals surface area (Å²) in [5.41, 5.74) is -0.223. The third-order valence-electron chi connectivity index (χ3n) is 5.98. The fourth-order valence-electron chi connectivity index (χ4n) is 4.03. The van der Waals surface area contributed by atoms with Gasteiger partial charge in [0, 0.05) is 37.2 Å². The predicted molar refractivity (Wildman–Crippen MR) is 146 cm³/mol. The molecule has 39 heavy (non-hydrogen) atoms. The minimum Gasteiger partial charge on any atom is -0.466 e. The van der Waals surface area contributed by atoms with Gasteiger partial charge in [-0.05, 0) is 38.8 Å². The van der Waals surface area contributed by atoms with Crippen molar-refractivity contribution in [3.05, 3.63) is 46.1 Å². The summed E-state index contributed by atoms with van der Waals surface area (Å²) in [5.74, 6) is 0.491. The van der Waals surface area contributed by atoms with Gasteiger partial charge < -0.3 is 19.1 Å². The zero-order valence-electron chi connectivity index (χ0n) is 21.3. The molecule has 0 spiro atoms. The lowest BCUT2D eigenvalue weighted by atomic mass is 9.97. The Bertz CT molecular complexity index is 1270. The van der Waals surface area contributed by atoms with Gasteiger partial charge in [0.1, 0.15) is 10.8 Å². The Hall–Kier alpha value is -2.61. The number of nitrogens with one attached hydrogen (secondary N) is 1. The van der Waals surface area contributed by atoms with E-state index in [4.69, 9.17) is 21.1 Å². The van der Waals surface area contributed by atoms with Crippen molar-refractivity contribution in [1.29, 1.82) is 0 Å². The van der Waals surface area contributed by atoms with Crippen LogP contribution in [0.5, 0.6) is 0 Å². The van der Waals surface area contributed by atoms with Crippen LogP contribution < -0.4 is 9.62 Å². The van der Waals surface area contributed by atoms with Crippen LogP contribution in [0.25, 0.3) is 11.3 Å². The maximum absolute atomic E-state index is 13.4. The first-order valence-corrected chi connectivity index (χ1v) is 14.3. The van der Waals surface area contributed by atoms with Crippen molar-refractivity contribution in [3.63, 3.8) is 0 Å². The lowest BCUT2D eigenvalue weighted by Gasteiger charge is -2.31. The number of carbonyl (C=O) groups excluding carboxylic acids is 1. The Labute approximate surface area is 237 Å². The molecule has 4 rings (SSSR count). The zero-order chi connectivity index (χ0) is 28.0. The van der Waals surface area contributed by atoms with Crippen LogP contribution in [0, 0.1) is 5.92 Å². The lowest BCUT2D eigenvalue weighted by Crippen LogP contribution is -2.37. The van der Waals surface area contributed by atoms with Gasteiger partial charge in [-0.15, -0.1) is 0 Å². The molecule has 14 heteroatoms. The highest BCUT2D eigenvalue weighted by Crippen LogP contribution is 2.40. The van der Waals surface area contributed by atoms with Crippen LogP contribution in [0.15, 0.2) is 35.6 Å². The minimum atomic E-state index is -4.58. The number of hydrogen-bond acceptors (Lipinski definition) is 10. The first kappa shape index (κ1) is 29.4. The highest BCUT2D eigenvalue weighted by molar-refractivity contribution is 8.00. The normalized spacial score (nSPS) is 14.5. The van der Waals surface area contributed by atoms with Crippen LogP contribution in [0.4, 0.5) is 24.1 Å². The lowest BCUT2D eigenvalue weighted by molar-refractivity contribution is -0.148. The second-order valence-corrected chi connectivity index (χ2v) is 10.9. The summed E-state index contributed by atoms with van der Waals surface area (Å²) in [5, 5.41) is 0.710. The van der Waals surface area contributed by atoms with E-state index in [0.29, 0.717) is 65.4 Å². The summed E-state index contributed by atoms with van der Waals surface area (Å²) in [6, 6.07) is 3.74. The average molecular weight is 602 g/mol. The molecule has 0 unspecified atom stereocenters. The number of alkyl halides is 3. The Morgan fingerprint density at radius 1 is 1.21 bits per heavy atom. The molecule has 0 radical (unpaired) electrons. The van der Waals surface area contributed by atoms with Crippen molar-refractivity contribution in [1.82, 2.24) is 15.0 Å². The summed E-state index contributed by atoms with van der Waals surface area (Å²) in [6.07, 6.45) is 0.131. The highest BCUT2D eigenvalue weighted by Gasteiger charge is 2.34. The maximum Gasteiger partial charge on any atom is 0.417 e. The van der Waals surface area contributed by atoms with E-state index in [1.165, 1.54) is 35.4 Å². The summed E-state index contributed by atoms with van der Waals surface area (Å²) in [7, 11) is 0. The summed E-state index contributed by atoms with van der Waals surface area (Å²) in [4.78, 5) is 28.2. The Kier molecular flexibility index (Phi) is 9.91. The molecule has 1 aromatic carbocycles. The molecule has 1 aliphatic rings. The van der Waals surface area contributed by atoms with Crippen LogP contribution in [-0.2, 0) is 27.1 Å². The molecule has 1 saturated heterocycles. The predicted octanol–water partition coefficient (Wildman–Crippen LogP) is 6.71. The third kappa shape index (κ3) is 7.53. The van der Waals surface area contributed by atoms with Gasteiger partial charge in [-0.1, -0.05) is 29.0 Å². The van der Waals surface area contributed by atoms with Crippen LogP contribution in [-0.4, -0.2) is 47.2 Å². The second kappa shape index (κ2) is 13.2. The number of aromatic nitrogens is 3. The van der Waals surface area contributed by atoms with Gasteiger partial charge in [-0.3, -0.25) is 4.79 Å². The summed E-state index contributed by atoms with van der Waals surface area (Å²) in [6.45, 7) is 6.06. The zero-order valence-corrected chi connectivity index (χ0v) is 23.6. The van der Waals surface area contributed by atoms with E-state index in [9.17, 15) is 18.0 Å². The molecule has 1 aliphatic heterocycles. The van der Waals surface area contributed by atoms with Crippen LogP contribution in [0.2, 0.25) is 5.02 Å². The fraction of sp³-hybridized carbons (Fsp3) is 0.440. The van der Waals surface area contributed by atoms with E-state index in [-0.39, 0.29) is 23.5 Å². The summed E-state index contributed by atoms with van der Waals surface area (Å²) >= 11 is 8.27. The van der Waals surface area contributed by atoms with Crippen LogP contribution in [0.1, 0.15) is 37.1 Å². The van der Waals surface area contributed by atoms with E-state index in [1.54, 1.807) is 19.3 Å². The molecular formula is C25H27ClF3N5O3S2. The van der Waals surface area contributed by atoms with E-state index in [0.717, 1.165) is 11.9 Å². The molecule has 3 aromatic rings. The maximum atomic E-state index is 13.4. The first-order chi connectivity index (χ1) is 18.7. The van der Waals surface area contributed by atoms with Crippen molar-refractivity contribution >= 4 is 51.8 Å². The number of thiazole rings is 1. The number of anilines is 2. The van der Waals surface area contributed by atoms with Crippen LogP contribution >= 0.6 is 34.9 Å². The largest absolute Gasteiger partial charge is 0.466 e. The Morgan fingerprint density at radius 3 is 2.62 bits per heavy atom. The van der Waals surface area contributed by atoms with Gasteiger partial charge in [0.25, 0.3) is 0 Å². The molecule has 1 N–H and O–H groups in total. The number of halogens is 4. The SMILES string of the molecule is CCOCc1sc(NSc2cnc(N3CCC(C(=O)OCC)CC3)cn2)nc1-c1ccc(Cl)c(C(F)(F)F)c1. The monoisotopic (exact) mass is 601 g/mol. The van der Waals surface area contributed by atoms with Crippen LogP contribution in [0.3, 0.4) is 0 Å². The number of carbonyl (C=O) groups is 1. The number of rotatable bonds is 10. The quantitative estimate of drug-likeness (QED) is 0.201. The molecule has 0 amide bonds. The number of benzene rings is 1. The highest BCUT2D eigenvalue weighted by atomic mass is 35.5. The molecule has 210 valence electrons. The molecule has 1 fully saturated rings. The minimum absolute atomic E-state index is 0.0862. The van der Waals surface area contributed by atoms with E-state index < -0.39 is 11.7 Å². The standard InChI is InChI=1S/C25H27ClF3N5O3S2/c1-3-36-14-19-22(16-5-6-18(26)17(11-16)25(27,28)29)32-24(38-19)33-39-21-13-30-20(12-31-21)34-9-7-15(8-10-34)23(35)37-4-2/h5-6,11-13,15H,3-4,7-10,14H2,1-2H3,(H,32,33). The van der Waals surface area contributed by atoms with E-state index in [2.05, 4.69) is 24.6 Å². The molecule has 0 atom stereocenters. The summed E-state index contributed by atoms with van der Waals surface area (Å²) < 4.78 is 54.0. The van der Waals surface area contributed by atoms with Gasteiger partial charge in [0.05, 0.1) is 52.7 Å². The number of piperidine rings is 1. The van der Waals surface area contributed by atoms with Crippen molar-refractivity contribution in [2.24, 2.45) is 5.92 Å². The molecular weight excluding hydrogens is 575 g/mol. The molecule has 8 nitrogen and oxygen atoms in total. The van der Waals surface area contributed by atoms with Gasteiger partial charge >= 0.3 is 12.1 Å². The van der Waals surface area contributed by atoms with Crippen molar-refractivity contribution in [2.75, 3.05) is 35.9 Å². The third-order valence-corrected chi connectivity index (χ3v) is 8.09. The van der Waals surface area contributed by atoms with Crippen molar-refractivity contribution in [3.8, 4) is 11.3 Å². The Morgan fingerprint density at radius 2 is 1.97 bits per heavy atom. The first-order valence-electron chi connectivity index (χ1n) is 12.3. The molecule has 0 bridgehead atoms. The van der Waals surface area contributed by atoms with Gasteiger partial charge in [0.15, 0.2) is 5.13 Å². The van der Waals surface area contributed by atoms with Crippen molar-refractivity contribution < 1.29 is 27.4 Å². The van der Waals surface area contributed by atoms with E-state index >= 15 is 0 Å². The molecule has 2 aromatic heterocycles. The van der Waals surface area contributed by atoms with E-state index in [1.807, 2.05) is 6.92 Å². The topological polar surface area (TPSA) is 89.5 Å². The number of nitrogens with zero attached hydrogens (tertiary/aromatic N) is 4. The number of hydrogen-bond donors (Lipinski definition) is 1.